The van der Waals surface area contributed by atoms with Gasteiger partial charge in [0, 0.05) is 43.6 Å². The van der Waals surface area contributed by atoms with Gasteiger partial charge >= 0.3 is 0 Å². The predicted octanol–water partition coefficient (Wildman–Crippen LogP) is 2.55. The molecule has 0 bridgehead atoms. The van der Waals surface area contributed by atoms with Crippen molar-refractivity contribution in [1.82, 2.24) is 14.9 Å². The molecule has 0 aliphatic carbocycles. The molecule has 0 radical (unpaired) electrons. The number of carbonyl (C=O) groups is 1. The first-order valence-electron chi connectivity index (χ1n) is 8.94. The van der Waals surface area contributed by atoms with Gasteiger partial charge < -0.3 is 14.8 Å². The predicted molar refractivity (Wildman–Crippen MR) is 94.0 cm³/mol. The molecule has 1 fully saturated rings. The van der Waals surface area contributed by atoms with Crippen LogP contribution in [0.5, 0.6) is 0 Å². The average Bonchev–Trinajstić information content (AvgIpc) is 3.11. The lowest BCUT2D eigenvalue weighted by molar-refractivity contribution is -0.121. The molecule has 1 saturated heterocycles. The lowest BCUT2D eigenvalue weighted by Gasteiger charge is -2.34. The number of nitrogens with zero attached hydrogens (tertiary/aromatic N) is 3. The van der Waals surface area contributed by atoms with Crippen molar-refractivity contribution >= 4 is 11.6 Å². The number of nitrogens with one attached hydrogen (secondary N) is 1. The normalized spacial score (nSPS) is 24.0. The number of aromatic nitrogens is 2. The van der Waals surface area contributed by atoms with E-state index in [-0.39, 0.29) is 11.9 Å². The van der Waals surface area contributed by atoms with E-state index in [0.717, 1.165) is 50.4 Å². The monoisotopic (exact) mass is 324 g/mol. The van der Waals surface area contributed by atoms with Crippen LogP contribution in [0, 0.1) is 0 Å². The van der Waals surface area contributed by atoms with E-state index in [1.807, 2.05) is 41.4 Å². The van der Waals surface area contributed by atoms with E-state index in [1.54, 1.807) is 0 Å². The molecule has 0 spiro atoms. The number of hydrogen-bond acceptors (Lipinski definition) is 3. The van der Waals surface area contributed by atoms with E-state index in [9.17, 15) is 4.79 Å². The second kappa shape index (κ2) is 6.77. The van der Waals surface area contributed by atoms with Gasteiger partial charge in [-0.15, -0.1) is 0 Å². The molecule has 1 aromatic carbocycles. The number of anilines is 1. The molecule has 1 N–H and O–H groups in total. The van der Waals surface area contributed by atoms with Gasteiger partial charge in [-0.05, 0) is 37.8 Å². The second-order valence-electron chi connectivity index (χ2n) is 6.75. The number of amides is 1. The van der Waals surface area contributed by atoms with E-state index >= 15 is 0 Å². The standard InChI is InChI=1S/C19H24N4O/c24-19-17(9-5-12-23(19)16-7-2-1-3-8-16)21-14-15-6-4-11-22-13-10-20-18(15)22/h1-3,7-8,10,13,15,17,21H,4-6,9,11-12,14H2/t15-,17-/m0/s1. The van der Waals surface area contributed by atoms with Crippen LogP contribution in [0.4, 0.5) is 5.69 Å². The van der Waals surface area contributed by atoms with Crippen LogP contribution in [-0.4, -0.2) is 34.6 Å². The molecule has 5 nitrogen and oxygen atoms in total. The Labute approximate surface area is 142 Å². The summed E-state index contributed by atoms with van der Waals surface area (Å²) in [5, 5.41) is 3.53. The maximum Gasteiger partial charge on any atom is 0.244 e. The number of rotatable bonds is 4. The average molecular weight is 324 g/mol. The molecule has 2 aliphatic rings. The molecule has 5 heteroatoms. The Morgan fingerprint density at radius 3 is 2.83 bits per heavy atom. The third kappa shape index (κ3) is 2.96. The highest BCUT2D eigenvalue weighted by molar-refractivity contribution is 5.97. The second-order valence-corrected chi connectivity index (χ2v) is 6.75. The van der Waals surface area contributed by atoms with Crippen LogP contribution in [0.2, 0.25) is 0 Å². The van der Waals surface area contributed by atoms with Crippen LogP contribution in [0.25, 0.3) is 0 Å². The van der Waals surface area contributed by atoms with Gasteiger partial charge in [0.2, 0.25) is 5.91 Å². The molecular formula is C19H24N4O. The number of carbonyl (C=O) groups excluding carboxylic acids is 1. The molecular weight excluding hydrogens is 300 g/mol. The smallest absolute Gasteiger partial charge is 0.244 e. The molecule has 1 aromatic heterocycles. The lowest BCUT2D eigenvalue weighted by Crippen LogP contribution is -2.51. The Hall–Kier alpha value is -2.14. The Morgan fingerprint density at radius 1 is 1.12 bits per heavy atom. The molecule has 0 unspecified atom stereocenters. The molecule has 2 aliphatic heterocycles. The fourth-order valence-corrected chi connectivity index (χ4v) is 3.91. The number of hydrogen-bond donors (Lipinski definition) is 1. The fourth-order valence-electron chi connectivity index (χ4n) is 3.91. The van der Waals surface area contributed by atoms with Crippen LogP contribution in [0.15, 0.2) is 42.7 Å². The van der Waals surface area contributed by atoms with Crippen molar-refractivity contribution in [3.8, 4) is 0 Å². The minimum absolute atomic E-state index is 0.0794. The first-order valence-corrected chi connectivity index (χ1v) is 8.94. The van der Waals surface area contributed by atoms with Gasteiger partial charge in [0.05, 0.1) is 6.04 Å². The molecule has 4 rings (SSSR count). The van der Waals surface area contributed by atoms with Gasteiger partial charge in [-0.1, -0.05) is 18.2 Å². The topological polar surface area (TPSA) is 50.2 Å². The minimum atomic E-state index is -0.0794. The Balaban J connectivity index is 1.41. The molecule has 2 atom stereocenters. The van der Waals surface area contributed by atoms with Gasteiger partial charge in [0.1, 0.15) is 5.82 Å². The zero-order valence-electron chi connectivity index (χ0n) is 13.9. The van der Waals surface area contributed by atoms with Crippen molar-refractivity contribution in [3.63, 3.8) is 0 Å². The minimum Gasteiger partial charge on any atom is -0.335 e. The van der Waals surface area contributed by atoms with E-state index in [1.165, 1.54) is 6.42 Å². The Bertz CT molecular complexity index is 696. The SMILES string of the molecule is O=C1[C@@H](NC[C@@H]2CCCn3ccnc32)CCCN1c1ccccc1. The quantitative estimate of drug-likeness (QED) is 0.940. The van der Waals surface area contributed by atoms with Gasteiger partial charge in [0.15, 0.2) is 0 Å². The summed E-state index contributed by atoms with van der Waals surface area (Å²) in [6, 6.07) is 9.91. The van der Waals surface area contributed by atoms with Gasteiger partial charge in [0.25, 0.3) is 0 Å². The van der Waals surface area contributed by atoms with Crippen molar-refractivity contribution in [2.75, 3.05) is 18.0 Å². The number of aryl methyl sites for hydroxylation is 1. The molecule has 24 heavy (non-hydrogen) atoms. The van der Waals surface area contributed by atoms with E-state index in [0.29, 0.717) is 5.92 Å². The highest BCUT2D eigenvalue weighted by Gasteiger charge is 2.30. The molecule has 2 aromatic rings. The third-order valence-electron chi connectivity index (χ3n) is 5.18. The first kappa shape index (κ1) is 15.4. The van der Waals surface area contributed by atoms with Crippen LogP contribution in [-0.2, 0) is 11.3 Å². The summed E-state index contributed by atoms with van der Waals surface area (Å²) >= 11 is 0. The number of benzene rings is 1. The number of para-hydroxylation sites is 1. The first-order chi connectivity index (χ1) is 11.8. The third-order valence-corrected chi connectivity index (χ3v) is 5.18. The zero-order chi connectivity index (χ0) is 16.4. The maximum absolute atomic E-state index is 12.8. The summed E-state index contributed by atoms with van der Waals surface area (Å²) in [6.45, 7) is 2.71. The summed E-state index contributed by atoms with van der Waals surface area (Å²) in [7, 11) is 0. The zero-order valence-corrected chi connectivity index (χ0v) is 13.9. The molecule has 1 amide bonds. The Morgan fingerprint density at radius 2 is 1.96 bits per heavy atom. The van der Waals surface area contributed by atoms with Crippen LogP contribution in [0.3, 0.4) is 0 Å². The summed E-state index contributed by atoms with van der Waals surface area (Å²) in [4.78, 5) is 19.3. The number of imidazole rings is 1. The van der Waals surface area contributed by atoms with E-state index in [4.69, 9.17) is 0 Å². The van der Waals surface area contributed by atoms with Crippen LogP contribution in [0.1, 0.15) is 37.4 Å². The van der Waals surface area contributed by atoms with Crippen molar-refractivity contribution in [1.29, 1.82) is 0 Å². The number of piperidine rings is 1. The highest BCUT2D eigenvalue weighted by Crippen LogP contribution is 2.26. The maximum atomic E-state index is 12.8. The fraction of sp³-hybridized carbons (Fsp3) is 0.474. The molecule has 126 valence electrons. The highest BCUT2D eigenvalue weighted by atomic mass is 16.2. The summed E-state index contributed by atoms with van der Waals surface area (Å²) in [5.41, 5.74) is 1.00. The largest absolute Gasteiger partial charge is 0.335 e. The van der Waals surface area contributed by atoms with Crippen molar-refractivity contribution < 1.29 is 4.79 Å². The Kier molecular flexibility index (Phi) is 4.34. The van der Waals surface area contributed by atoms with Gasteiger partial charge in [-0.2, -0.15) is 0 Å². The van der Waals surface area contributed by atoms with E-state index in [2.05, 4.69) is 21.1 Å². The lowest BCUT2D eigenvalue weighted by atomic mass is 9.97. The number of fused-ring (bicyclic) bond motifs is 1. The van der Waals surface area contributed by atoms with Crippen molar-refractivity contribution in [2.45, 2.75) is 44.2 Å². The summed E-state index contributed by atoms with van der Waals surface area (Å²) in [5.74, 6) is 1.78. The van der Waals surface area contributed by atoms with Crippen molar-refractivity contribution in [3.05, 3.63) is 48.5 Å². The van der Waals surface area contributed by atoms with Gasteiger partial charge in [-0.25, -0.2) is 4.98 Å². The van der Waals surface area contributed by atoms with Crippen LogP contribution < -0.4 is 10.2 Å². The van der Waals surface area contributed by atoms with E-state index < -0.39 is 0 Å². The molecule has 0 saturated carbocycles. The summed E-state index contributed by atoms with van der Waals surface area (Å²) in [6.07, 6.45) is 8.24. The van der Waals surface area contributed by atoms with Crippen LogP contribution >= 0.6 is 0 Å². The summed E-state index contributed by atoms with van der Waals surface area (Å²) < 4.78 is 2.24. The van der Waals surface area contributed by atoms with Gasteiger partial charge in [-0.3, -0.25) is 4.79 Å². The molecule has 3 heterocycles. The van der Waals surface area contributed by atoms with Crippen molar-refractivity contribution in [2.24, 2.45) is 0 Å².